The molecule has 2 aromatic heterocycles. The lowest BCUT2D eigenvalue weighted by Gasteiger charge is -2.09. The summed E-state index contributed by atoms with van der Waals surface area (Å²) in [5, 5.41) is 12.5. The van der Waals surface area contributed by atoms with Crippen molar-refractivity contribution in [2.75, 3.05) is 5.32 Å². The highest BCUT2D eigenvalue weighted by molar-refractivity contribution is 6.28. The van der Waals surface area contributed by atoms with Crippen molar-refractivity contribution in [3.8, 4) is 11.1 Å². The van der Waals surface area contributed by atoms with Crippen molar-refractivity contribution in [2.45, 2.75) is 25.9 Å². The van der Waals surface area contributed by atoms with Gasteiger partial charge < -0.3 is 4.52 Å². The molecule has 11 heteroatoms. The number of rotatable bonds is 5. The Morgan fingerprint density at radius 3 is 2.81 bits per heavy atom. The maximum atomic E-state index is 13.0. The summed E-state index contributed by atoms with van der Waals surface area (Å²) < 4.78 is 43.9. The van der Waals surface area contributed by atoms with Gasteiger partial charge in [0, 0.05) is 12.8 Å². The number of nitrogens with one attached hydrogen (secondary N) is 2. The van der Waals surface area contributed by atoms with E-state index in [4.69, 9.17) is 16.1 Å². The molecule has 0 aliphatic carbocycles. The molecule has 0 aliphatic rings. The fraction of sp³-hybridized carbons (Fsp3) is 0.250. The molecule has 0 fully saturated rings. The first-order valence-corrected chi connectivity index (χ1v) is 8.12. The molecule has 142 valence electrons. The molecule has 0 atom stereocenters. The molecule has 0 saturated heterocycles. The van der Waals surface area contributed by atoms with Crippen molar-refractivity contribution in [1.82, 2.24) is 20.3 Å². The van der Waals surface area contributed by atoms with Crippen LogP contribution in [0.5, 0.6) is 0 Å². The maximum Gasteiger partial charge on any atom is 0.416 e. The summed E-state index contributed by atoms with van der Waals surface area (Å²) in [4.78, 5) is 16.0. The third-order valence-corrected chi connectivity index (χ3v) is 3.86. The van der Waals surface area contributed by atoms with E-state index in [-0.39, 0.29) is 35.1 Å². The summed E-state index contributed by atoms with van der Waals surface area (Å²) in [5.74, 6) is -0.0127. The molecule has 0 bridgehead atoms. The van der Waals surface area contributed by atoms with Crippen LogP contribution in [0.15, 0.2) is 28.8 Å². The Hall–Kier alpha value is -2.88. The standard InChI is InChI=1S/C16H13ClF3N5O2/c1-8-13(9-3-2-4-10(7-9)16(18,19)20)14(27-25-8)22-12(26)6-5-11-21-15(17)24-23-11/h2-4,7H,5-6H2,1H3,(H,22,26)(H,21,23,24). The summed E-state index contributed by atoms with van der Waals surface area (Å²) in [5.41, 5.74) is 0.0739. The number of aryl methyl sites for hydroxylation is 2. The molecule has 3 aromatic rings. The lowest BCUT2D eigenvalue weighted by Crippen LogP contribution is -2.13. The van der Waals surface area contributed by atoms with Gasteiger partial charge in [-0.3, -0.25) is 15.2 Å². The zero-order chi connectivity index (χ0) is 19.6. The predicted molar refractivity (Wildman–Crippen MR) is 90.0 cm³/mol. The minimum absolute atomic E-state index is 0.0209. The second kappa shape index (κ2) is 7.39. The number of halogens is 4. The Labute approximate surface area is 155 Å². The highest BCUT2D eigenvalue weighted by Crippen LogP contribution is 2.36. The molecule has 3 rings (SSSR count). The smallest absolute Gasteiger partial charge is 0.337 e. The van der Waals surface area contributed by atoms with Crippen LogP contribution in [0.1, 0.15) is 23.5 Å². The highest BCUT2D eigenvalue weighted by atomic mass is 35.5. The number of anilines is 1. The van der Waals surface area contributed by atoms with Gasteiger partial charge in [0.1, 0.15) is 5.82 Å². The minimum atomic E-state index is -4.48. The average Bonchev–Trinajstić information content (AvgIpc) is 3.18. The summed E-state index contributed by atoms with van der Waals surface area (Å²) in [7, 11) is 0. The van der Waals surface area contributed by atoms with E-state index < -0.39 is 17.6 Å². The van der Waals surface area contributed by atoms with Crippen LogP contribution in [-0.2, 0) is 17.4 Å². The van der Waals surface area contributed by atoms with Gasteiger partial charge in [-0.25, -0.2) is 4.98 Å². The second-order valence-electron chi connectivity index (χ2n) is 5.65. The van der Waals surface area contributed by atoms with Crippen molar-refractivity contribution in [3.63, 3.8) is 0 Å². The van der Waals surface area contributed by atoms with E-state index in [0.29, 0.717) is 11.5 Å². The SMILES string of the molecule is Cc1noc(NC(=O)CCc2nc(Cl)n[nH]2)c1-c1cccc(C(F)(F)F)c1. The van der Waals surface area contributed by atoms with Crippen molar-refractivity contribution < 1.29 is 22.5 Å². The number of nitrogens with zero attached hydrogens (tertiary/aromatic N) is 3. The average molecular weight is 400 g/mol. The molecule has 2 N–H and O–H groups in total. The topological polar surface area (TPSA) is 96.7 Å². The van der Waals surface area contributed by atoms with Gasteiger partial charge in [-0.1, -0.05) is 17.3 Å². The first kappa shape index (κ1) is 18.9. The van der Waals surface area contributed by atoms with E-state index in [2.05, 4.69) is 25.7 Å². The van der Waals surface area contributed by atoms with Crippen LogP contribution in [0.25, 0.3) is 11.1 Å². The van der Waals surface area contributed by atoms with Crippen molar-refractivity contribution in [2.24, 2.45) is 0 Å². The molecule has 0 saturated carbocycles. The van der Waals surface area contributed by atoms with Crippen LogP contribution >= 0.6 is 11.6 Å². The van der Waals surface area contributed by atoms with Gasteiger partial charge in [-0.05, 0) is 36.2 Å². The Morgan fingerprint density at radius 2 is 2.15 bits per heavy atom. The molecular formula is C16H13ClF3N5O2. The van der Waals surface area contributed by atoms with Crippen LogP contribution in [-0.4, -0.2) is 26.2 Å². The Bertz CT molecular complexity index is 967. The van der Waals surface area contributed by atoms with Crippen molar-refractivity contribution >= 4 is 23.4 Å². The van der Waals surface area contributed by atoms with Crippen molar-refractivity contribution in [3.05, 3.63) is 46.6 Å². The van der Waals surface area contributed by atoms with Gasteiger partial charge in [-0.15, -0.1) is 5.10 Å². The van der Waals surface area contributed by atoms with Crippen LogP contribution in [0.2, 0.25) is 5.28 Å². The molecule has 27 heavy (non-hydrogen) atoms. The van der Waals surface area contributed by atoms with Crippen LogP contribution in [0.4, 0.5) is 19.1 Å². The van der Waals surface area contributed by atoms with E-state index in [1.807, 2.05) is 0 Å². The first-order valence-electron chi connectivity index (χ1n) is 7.74. The molecule has 2 heterocycles. The molecule has 0 aliphatic heterocycles. The largest absolute Gasteiger partial charge is 0.416 e. The Balaban J connectivity index is 1.77. The van der Waals surface area contributed by atoms with E-state index in [1.54, 1.807) is 6.92 Å². The third-order valence-electron chi connectivity index (χ3n) is 3.69. The monoisotopic (exact) mass is 399 g/mol. The molecule has 1 aromatic carbocycles. The highest BCUT2D eigenvalue weighted by Gasteiger charge is 2.31. The Morgan fingerprint density at radius 1 is 1.37 bits per heavy atom. The number of benzene rings is 1. The van der Waals surface area contributed by atoms with Crippen molar-refractivity contribution in [1.29, 1.82) is 0 Å². The number of hydrogen-bond donors (Lipinski definition) is 2. The van der Waals surface area contributed by atoms with E-state index in [0.717, 1.165) is 12.1 Å². The second-order valence-corrected chi connectivity index (χ2v) is 5.99. The fourth-order valence-corrected chi connectivity index (χ4v) is 2.60. The number of hydrogen-bond acceptors (Lipinski definition) is 5. The third kappa shape index (κ3) is 4.45. The normalized spacial score (nSPS) is 11.6. The number of H-pyrrole nitrogens is 1. The fourth-order valence-electron chi connectivity index (χ4n) is 2.45. The zero-order valence-corrected chi connectivity index (χ0v) is 14.6. The maximum absolute atomic E-state index is 13.0. The molecule has 0 unspecified atom stereocenters. The van der Waals surface area contributed by atoms with E-state index in [1.165, 1.54) is 12.1 Å². The summed E-state index contributed by atoms with van der Waals surface area (Å²) in [6, 6.07) is 4.71. The van der Waals surface area contributed by atoms with E-state index >= 15 is 0 Å². The van der Waals surface area contributed by atoms with E-state index in [9.17, 15) is 18.0 Å². The number of aromatic amines is 1. The zero-order valence-electron chi connectivity index (χ0n) is 13.9. The van der Waals surface area contributed by atoms with Gasteiger partial charge in [0.15, 0.2) is 0 Å². The summed E-state index contributed by atoms with van der Waals surface area (Å²) in [6.07, 6.45) is -4.20. The molecular weight excluding hydrogens is 387 g/mol. The van der Waals surface area contributed by atoms with Gasteiger partial charge in [0.25, 0.3) is 0 Å². The van der Waals surface area contributed by atoms with Crippen LogP contribution < -0.4 is 5.32 Å². The van der Waals surface area contributed by atoms with Crippen LogP contribution in [0, 0.1) is 6.92 Å². The van der Waals surface area contributed by atoms with Gasteiger partial charge >= 0.3 is 6.18 Å². The first-order chi connectivity index (χ1) is 12.7. The summed E-state index contributed by atoms with van der Waals surface area (Å²) in [6.45, 7) is 1.57. The van der Waals surface area contributed by atoms with Gasteiger partial charge in [-0.2, -0.15) is 13.2 Å². The van der Waals surface area contributed by atoms with Gasteiger partial charge in [0.2, 0.25) is 17.1 Å². The summed E-state index contributed by atoms with van der Waals surface area (Å²) >= 11 is 5.58. The molecule has 1 amide bonds. The quantitative estimate of drug-likeness (QED) is 0.675. The Kier molecular flexibility index (Phi) is 5.17. The van der Waals surface area contributed by atoms with Gasteiger partial charge in [0.05, 0.1) is 16.8 Å². The number of carbonyl (C=O) groups excluding carboxylic acids is 1. The number of amides is 1. The predicted octanol–water partition coefficient (Wildman–Crippen LogP) is 4.01. The molecule has 0 radical (unpaired) electrons. The molecule has 0 spiro atoms. The lowest BCUT2D eigenvalue weighted by atomic mass is 10.0. The van der Waals surface area contributed by atoms with Crippen LogP contribution in [0.3, 0.4) is 0 Å². The number of carbonyl (C=O) groups is 1. The number of aromatic nitrogens is 4. The minimum Gasteiger partial charge on any atom is -0.337 e. The number of alkyl halides is 3. The molecule has 7 nitrogen and oxygen atoms in total. The lowest BCUT2D eigenvalue weighted by molar-refractivity contribution is -0.137.